The molecule has 136 valence electrons. The Labute approximate surface area is 139 Å². The number of aryl methyl sites for hydroxylation is 1. The Morgan fingerprint density at radius 1 is 1.25 bits per heavy atom. The lowest BCUT2D eigenvalue weighted by Gasteiger charge is -2.19. The molecular weight excluding hydrogens is 324 g/mol. The van der Waals surface area contributed by atoms with Gasteiger partial charge in [-0.1, -0.05) is 12.1 Å². The van der Waals surface area contributed by atoms with E-state index in [-0.39, 0.29) is 5.82 Å². The van der Waals surface area contributed by atoms with Crippen molar-refractivity contribution < 1.29 is 17.6 Å². The fourth-order valence-electron chi connectivity index (χ4n) is 2.16. The van der Waals surface area contributed by atoms with Crippen LogP contribution in [0.1, 0.15) is 17.5 Å². The number of hydrogen-bond donors (Lipinski definition) is 2. The molecule has 0 atom stereocenters. The van der Waals surface area contributed by atoms with Crippen LogP contribution in [0.3, 0.4) is 0 Å². The van der Waals surface area contributed by atoms with Crippen molar-refractivity contribution in [1.82, 2.24) is 15.5 Å². The number of alkyl halides is 3. The fourth-order valence-corrected chi connectivity index (χ4v) is 2.16. The fraction of sp³-hybridized carbons (Fsp3) is 0.562. The van der Waals surface area contributed by atoms with Crippen molar-refractivity contribution in [3.63, 3.8) is 0 Å². The van der Waals surface area contributed by atoms with E-state index in [9.17, 15) is 17.6 Å². The number of guanidine groups is 1. The maximum Gasteiger partial charge on any atom is 0.401 e. The van der Waals surface area contributed by atoms with Gasteiger partial charge in [-0.3, -0.25) is 9.89 Å². The zero-order valence-corrected chi connectivity index (χ0v) is 14.2. The minimum absolute atomic E-state index is 0.246. The van der Waals surface area contributed by atoms with Gasteiger partial charge in [-0.15, -0.1) is 0 Å². The molecule has 0 heterocycles. The van der Waals surface area contributed by atoms with Gasteiger partial charge in [0.25, 0.3) is 0 Å². The van der Waals surface area contributed by atoms with Crippen molar-refractivity contribution in [1.29, 1.82) is 0 Å². The Kier molecular flexibility index (Phi) is 7.97. The molecule has 0 bridgehead atoms. The second kappa shape index (κ2) is 9.46. The summed E-state index contributed by atoms with van der Waals surface area (Å²) in [6, 6.07) is 4.86. The van der Waals surface area contributed by atoms with Crippen molar-refractivity contribution in [2.45, 2.75) is 26.1 Å². The minimum Gasteiger partial charge on any atom is -0.356 e. The molecule has 0 saturated carbocycles. The Bertz CT molecular complexity index is 543. The number of hydrogen-bond acceptors (Lipinski definition) is 2. The zero-order valence-electron chi connectivity index (χ0n) is 14.2. The third-order valence-electron chi connectivity index (χ3n) is 3.36. The largest absolute Gasteiger partial charge is 0.401 e. The first-order valence-corrected chi connectivity index (χ1v) is 7.66. The van der Waals surface area contributed by atoms with Gasteiger partial charge in [0.05, 0.1) is 6.54 Å². The lowest BCUT2D eigenvalue weighted by atomic mass is 10.1. The van der Waals surface area contributed by atoms with E-state index >= 15 is 0 Å². The van der Waals surface area contributed by atoms with Crippen LogP contribution in [0.2, 0.25) is 0 Å². The number of benzene rings is 1. The highest BCUT2D eigenvalue weighted by molar-refractivity contribution is 5.79. The first-order valence-electron chi connectivity index (χ1n) is 7.66. The first-order chi connectivity index (χ1) is 11.2. The van der Waals surface area contributed by atoms with Crippen LogP contribution in [0.5, 0.6) is 0 Å². The third kappa shape index (κ3) is 8.14. The van der Waals surface area contributed by atoms with E-state index in [1.54, 1.807) is 26.1 Å². The molecular formula is C16H24F4N4. The van der Waals surface area contributed by atoms with Crippen LogP contribution in [0.4, 0.5) is 17.6 Å². The van der Waals surface area contributed by atoms with Gasteiger partial charge in [0, 0.05) is 20.1 Å². The molecule has 0 radical (unpaired) electrons. The molecule has 4 nitrogen and oxygen atoms in total. The highest BCUT2D eigenvalue weighted by Gasteiger charge is 2.28. The van der Waals surface area contributed by atoms with Gasteiger partial charge in [-0.25, -0.2) is 4.39 Å². The molecule has 1 aromatic rings. The molecule has 0 amide bonds. The summed E-state index contributed by atoms with van der Waals surface area (Å²) in [5.41, 5.74) is 1.49. The molecule has 0 unspecified atom stereocenters. The van der Waals surface area contributed by atoms with E-state index in [2.05, 4.69) is 15.6 Å². The highest BCUT2D eigenvalue weighted by atomic mass is 19.4. The summed E-state index contributed by atoms with van der Waals surface area (Å²) in [7, 11) is 3.05. The topological polar surface area (TPSA) is 39.7 Å². The quantitative estimate of drug-likeness (QED) is 0.344. The number of halogens is 4. The molecule has 0 spiro atoms. The molecule has 0 aliphatic carbocycles. The number of rotatable bonds is 7. The van der Waals surface area contributed by atoms with Crippen molar-refractivity contribution in [3.8, 4) is 0 Å². The summed E-state index contributed by atoms with van der Waals surface area (Å²) in [6.45, 7) is 2.10. The average molecular weight is 348 g/mol. The van der Waals surface area contributed by atoms with Crippen LogP contribution in [-0.4, -0.2) is 50.8 Å². The van der Waals surface area contributed by atoms with Crippen LogP contribution in [0, 0.1) is 12.7 Å². The van der Waals surface area contributed by atoms with Crippen LogP contribution in [-0.2, 0) is 6.54 Å². The number of nitrogens with one attached hydrogen (secondary N) is 2. The van der Waals surface area contributed by atoms with Gasteiger partial charge in [0.15, 0.2) is 5.96 Å². The molecule has 1 aromatic carbocycles. The Hall–Kier alpha value is -1.83. The SMILES string of the molecule is CN=C(NCCCN(C)CC(F)(F)F)NCc1ccc(F)c(C)c1. The normalized spacial score (nSPS) is 12.6. The van der Waals surface area contributed by atoms with Crippen LogP contribution in [0.15, 0.2) is 23.2 Å². The minimum atomic E-state index is -4.17. The number of aliphatic imine (C=N–C) groups is 1. The molecule has 0 fully saturated rings. The monoisotopic (exact) mass is 348 g/mol. The smallest absolute Gasteiger partial charge is 0.356 e. The first kappa shape index (κ1) is 20.2. The van der Waals surface area contributed by atoms with Gasteiger partial charge in [0.1, 0.15) is 5.82 Å². The van der Waals surface area contributed by atoms with E-state index < -0.39 is 12.7 Å². The molecule has 0 aromatic heterocycles. The lowest BCUT2D eigenvalue weighted by Crippen LogP contribution is -2.39. The van der Waals surface area contributed by atoms with Crippen molar-refractivity contribution in [2.75, 3.05) is 33.7 Å². The second-order valence-electron chi connectivity index (χ2n) is 5.64. The third-order valence-corrected chi connectivity index (χ3v) is 3.36. The van der Waals surface area contributed by atoms with E-state index in [0.717, 1.165) is 5.56 Å². The van der Waals surface area contributed by atoms with Gasteiger partial charge in [0.2, 0.25) is 0 Å². The summed E-state index contributed by atoms with van der Waals surface area (Å²) in [5, 5.41) is 6.12. The van der Waals surface area contributed by atoms with Crippen molar-refractivity contribution in [3.05, 3.63) is 35.1 Å². The molecule has 8 heteroatoms. The Morgan fingerprint density at radius 2 is 1.96 bits per heavy atom. The summed E-state index contributed by atoms with van der Waals surface area (Å²) in [6.07, 6.45) is -3.62. The second-order valence-corrected chi connectivity index (χ2v) is 5.64. The molecule has 0 saturated heterocycles. The predicted octanol–water partition coefficient (Wildman–Crippen LogP) is 2.68. The van der Waals surface area contributed by atoms with E-state index in [0.29, 0.717) is 37.6 Å². The van der Waals surface area contributed by atoms with E-state index in [1.165, 1.54) is 18.0 Å². The summed E-state index contributed by atoms with van der Waals surface area (Å²) < 4.78 is 49.8. The standard InChI is InChI=1S/C16H24F4N4/c1-12-9-13(5-6-14(12)17)10-23-15(21-2)22-7-4-8-24(3)11-16(18,19)20/h5-6,9H,4,7-8,10-11H2,1-3H3,(H2,21,22,23). The summed E-state index contributed by atoms with van der Waals surface area (Å²) >= 11 is 0. The van der Waals surface area contributed by atoms with E-state index in [1.807, 2.05) is 0 Å². The van der Waals surface area contributed by atoms with Crippen molar-refractivity contribution in [2.24, 2.45) is 4.99 Å². The summed E-state index contributed by atoms with van der Waals surface area (Å²) in [4.78, 5) is 5.28. The average Bonchev–Trinajstić information content (AvgIpc) is 2.48. The summed E-state index contributed by atoms with van der Waals surface area (Å²) in [5.74, 6) is 0.305. The highest BCUT2D eigenvalue weighted by Crippen LogP contribution is 2.15. The Morgan fingerprint density at radius 3 is 2.54 bits per heavy atom. The maximum atomic E-state index is 13.2. The maximum absolute atomic E-state index is 13.2. The van der Waals surface area contributed by atoms with Crippen LogP contribution < -0.4 is 10.6 Å². The zero-order chi connectivity index (χ0) is 18.2. The predicted molar refractivity (Wildman–Crippen MR) is 87.5 cm³/mol. The molecule has 24 heavy (non-hydrogen) atoms. The molecule has 0 aliphatic rings. The van der Waals surface area contributed by atoms with Gasteiger partial charge in [-0.2, -0.15) is 13.2 Å². The molecule has 2 N–H and O–H groups in total. The number of nitrogens with zero attached hydrogens (tertiary/aromatic N) is 2. The van der Waals surface area contributed by atoms with Gasteiger partial charge in [-0.05, 0) is 44.1 Å². The Balaban J connectivity index is 2.29. The molecule has 1 rings (SSSR count). The van der Waals surface area contributed by atoms with Gasteiger partial charge >= 0.3 is 6.18 Å². The molecule has 0 aliphatic heterocycles. The van der Waals surface area contributed by atoms with Crippen LogP contribution >= 0.6 is 0 Å². The van der Waals surface area contributed by atoms with Crippen molar-refractivity contribution >= 4 is 5.96 Å². The van der Waals surface area contributed by atoms with Gasteiger partial charge < -0.3 is 10.6 Å². The van der Waals surface area contributed by atoms with E-state index in [4.69, 9.17) is 0 Å². The lowest BCUT2D eigenvalue weighted by molar-refractivity contribution is -0.143. The van der Waals surface area contributed by atoms with Crippen LogP contribution in [0.25, 0.3) is 0 Å².